The molecule has 3 aromatic carbocycles. The number of nitrogens with one attached hydrogen (secondary N) is 1. The van der Waals surface area contributed by atoms with Gasteiger partial charge in [0.05, 0.1) is 11.4 Å². The van der Waals surface area contributed by atoms with Gasteiger partial charge in [0.25, 0.3) is 0 Å². The highest BCUT2D eigenvalue weighted by molar-refractivity contribution is 6.35. The fourth-order valence-corrected chi connectivity index (χ4v) is 2.86. The van der Waals surface area contributed by atoms with Crippen molar-refractivity contribution < 1.29 is 9.53 Å². The van der Waals surface area contributed by atoms with Gasteiger partial charge in [-0.25, -0.2) is 0 Å². The minimum Gasteiger partial charge on any atom is -0.456 e. The zero-order valence-corrected chi connectivity index (χ0v) is 15.8. The second kappa shape index (κ2) is 8.45. The summed E-state index contributed by atoms with van der Waals surface area (Å²) in [5, 5.41) is 4.46. The Bertz CT molecular complexity index is 909. The Morgan fingerprint density at radius 1 is 0.846 bits per heavy atom. The summed E-state index contributed by atoms with van der Waals surface area (Å²) in [6.45, 7) is 0. The topological polar surface area (TPSA) is 38.3 Å². The Morgan fingerprint density at radius 3 is 2.15 bits per heavy atom. The number of ether oxygens (including phenoxy) is 1. The first kappa shape index (κ1) is 18.6. The number of carbonyl (C=O) groups excluding carboxylic acids is 1. The van der Waals surface area contributed by atoms with Crippen LogP contribution < -0.4 is 10.1 Å². The van der Waals surface area contributed by atoms with Crippen LogP contribution in [0.4, 0.5) is 5.69 Å². The number of anilines is 1. The molecule has 1 amide bonds. The third-order valence-electron chi connectivity index (χ3n) is 3.54. The fraction of sp³-hybridized carbons (Fsp3) is 0.0500. The van der Waals surface area contributed by atoms with Gasteiger partial charge in [-0.2, -0.15) is 0 Å². The van der Waals surface area contributed by atoms with E-state index in [2.05, 4.69) is 5.32 Å². The van der Waals surface area contributed by atoms with Gasteiger partial charge in [-0.15, -0.1) is 0 Å². The number of benzene rings is 3. The van der Waals surface area contributed by atoms with Crippen LogP contribution in [0.1, 0.15) is 5.56 Å². The SMILES string of the molecule is O=C(Cc1ccc(Cl)cc1)Nc1ccc(Oc2ccc(Cl)cc2Cl)cc1. The lowest BCUT2D eigenvalue weighted by Crippen LogP contribution is -2.14. The van der Waals surface area contributed by atoms with E-state index in [1.807, 2.05) is 12.1 Å². The van der Waals surface area contributed by atoms with Crippen molar-refractivity contribution in [3.05, 3.63) is 87.4 Å². The van der Waals surface area contributed by atoms with Crippen molar-refractivity contribution in [1.29, 1.82) is 0 Å². The van der Waals surface area contributed by atoms with Gasteiger partial charge < -0.3 is 10.1 Å². The molecule has 3 nitrogen and oxygen atoms in total. The molecule has 26 heavy (non-hydrogen) atoms. The van der Waals surface area contributed by atoms with Crippen molar-refractivity contribution in [2.45, 2.75) is 6.42 Å². The minimum absolute atomic E-state index is 0.110. The highest BCUT2D eigenvalue weighted by Gasteiger charge is 2.06. The molecule has 0 atom stereocenters. The predicted octanol–water partition coefficient (Wildman–Crippen LogP) is 6.62. The molecule has 0 aromatic heterocycles. The lowest BCUT2D eigenvalue weighted by atomic mass is 10.1. The number of halogens is 3. The van der Waals surface area contributed by atoms with Gasteiger partial charge in [-0.3, -0.25) is 4.79 Å². The van der Waals surface area contributed by atoms with Crippen LogP contribution in [0.25, 0.3) is 0 Å². The molecule has 0 bridgehead atoms. The van der Waals surface area contributed by atoms with Crippen LogP contribution in [0.3, 0.4) is 0 Å². The largest absolute Gasteiger partial charge is 0.456 e. The highest BCUT2D eigenvalue weighted by atomic mass is 35.5. The average Bonchev–Trinajstić information content (AvgIpc) is 2.61. The van der Waals surface area contributed by atoms with Crippen molar-refractivity contribution in [3.63, 3.8) is 0 Å². The monoisotopic (exact) mass is 405 g/mol. The van der Waals surface area contributed by atoms with Crippen LogP contribution in [0, 0.1) is 0 Å². The summed E-state index contributed by atoms with van der Waals surface area (Å²) in [4.78, 5) is 12.1. The van der Waals surface area contributed by atoms with E-state index in [0.717, 1.165) is 5.56 Å². The molecule has 0 spiro atoms. The van der Waals surface area contributed by atoms with Gasteiger partial charge in [0.2, 0.25) is 5.91 Å². The van der Waals surface area contributed by atoms with E-state index in [-0.39, 0.29) is 12.3 Å². The molecule has 0 fully saturated rings. The van der Waals surface area contributed by atoms with E-state index < -0.39 is 0 Å². The maximum absolute atomic E-state index is 12.1. The third-order valence-corrected chi connectivity index (χ3v) is 4.32. The summed E-state index contributed by atoms with van der Waals surface area (Å²) < 4.78 is 5.72. The quantitative estimate of drug-likeness (QED) is 0.517. The van der Waals surface area contributed by atoms with E-state index in [0.29, 0.717) is 32.3 Å². The highest BCUT2D eigenvalue weighted by Crippen LogP contribution is 2.31. The summed E-state index contributed by atoms with van der Waals surface area (Å²) in [5.74, 6) is 1.00. The van der Waals surface area contributed by atoms with Crippen molar-refractivity contribution in [1.82, 2.24) is 0 Å². The molecule has 6 heteroatoms. The molecule has 0 radical (unpaired) electrons. The zero-order valence-electron chi connectivity index (χ0n) is 13.5. The molecule has 0 aliphatic rings. The van der Waals surface area contributed by atoms with Gasteiger partial charge in [0, 0.05) is 15.7 Å². The van der Waals surface area contributed by atoms with Gasteiger partial charge in [-0.1, -0.05) is 46.9 Å². The average molecular weight is 407 g/mol. The lowest BCUT2D eigenvalue weighted by Gasteiger charge is -2.09. The maximum atomic E-state index is 12.1. The van der Waals surface area contributed by atoms with E-state index in [1.54, 1.807) is 54.6 Å². The first-order valence-electron chi connectivity index (χ1n) is 7.77. The zero-order chi connectivity index (χ0) is 18.5. The van der Waals surface area contributed by atoms with E-state index in [4.69, 9.17) is 39.5 Å². The van der Waals surface area contributed by atoms with Crippen LogP contribution in [0.5, 0.6) is 11.5 Å². The van der Waals surface area contributed by atoms with Crippen molar-refractivity contribution in [2.75, 3.05) is 5.32 Å². The predicted molar refractivity (Wildman–Crippen MR) is 107 cm³/mol. The van der Waals surface area contributed by atoms with Gasteiger partial charge in [0.1, 0.15) is 11.5 Å². The molecular formula is C20H14Cl3NO2. The number of rotatable bonds is 5. The molecule has 0 saturated carbocycles. The normalized spacial score (nSPS) is 10.4. The number of carbonyl (C=O) groups is 1. The Morgan fingerprint density at radius 2 is 1.50 bits per heavy atom. The van der Waals surface area contributed by atoms with Crippen LogP contribution >= 0.6 is 34.8 Å². The molecule has 0 unspecified atom stereocenters. The second-order valence-corrected chi connectivity index (χ2v) is 6.83. The number of amides is 1. The number of hydrogen-bond donors (Lipinski definition) is 1. The molecule has 0 saturated heterocycles. The summed E-state index contributed by atoms with van der Waals surface area (Å²) in [5.41, 5.74) is 1.57. The summed E-state index contributed by atoms with van der Waals surface area (Å²) in [6.07, 6.45) is 0.274. The maximum Gasteiger partial charge on any atom is 0.228 e. The van der Waals surface area contributed by atoms with Gasteiger partial charge in [-0.05, 0) is 60.2 Å². The van der Waals surface area contributed by atoms with Crippen molar-refractivity contribution >= 4 is 46.4 Å². The Kier molecular flexibility index (Phi) is 6.04. The Hall–Kier alpha value is -2.20. The summed E-state index contributed by atoms with van der Waals surface area (Å²) >= 11 is 17.8. The smallest absolute Gasteiger partial charge is 0.228 e. The Balaban J connectivity index is 1.60. The van der Waals surface area contributed by atoms with Gasteiger partial charge >= 0.3 is 0 Å². The van der Waals surface area contributed by atoms with Gasteiger partial charge in [0.15, 0.2) is 0 Å². The third kappa shape index (κ3) is 5.15. The molecule has 1 N–H and O–H groups in total. The second-order valence-electron chi connectivity index (χ2n) is 5.55. The molecule has 0 heterocycles. The van der Waals surface area contributed by atoms with Crippen LogP contribution in [-0.2, 0) is 11.2 Å². The molecule has 0 aliphatic heterocycles. The van der Waals surface area contributed by atoms with E-state index in [1.165, 1.54) is 0 Å². The van der Waals surface area contributed by atoms with Crippen molar-refractivity contribution in [2.24, 2.45) is 0 Å². The lowest BCUT2D eigenvalue weighted by molar-refractivity contribution is -0.115. The minimum atomic E-state index is -0.110. The van der Waals surface area contributed by atoms with Crippen LogP contribution in [0.15, 0.2) is 66.7 Å². The van der Waals surface area contributed by atoms with E-state index in [9.17, 15) is 4.79 Å². The van der Waals surface area contributed by atoms with E-state index >= 15 is 0 Å². The van der Waals surface area contributed by atoms with Crippen LogP contribution in [0.2, 0.25) is 15.1 Å². The Labute approximate surface area is 166 Å². The number of hydrogen-bond acceptors (Lipinski definition) is 2. The molecule has 132 valence electrons. The molecular weight excluding hydrogens is 393 g/mol. The van der Waals surface area contributed by atoms with Crippen molar-refractivity contribution in [3.8, 4) is 11.5 Å². The molecule has 3 rings (SSSR count). The summed E-state index contributed by atoms with van der Waals surface area (Å²) in [7, 11) is 0. The standard InChI is InChI=1S/C20H14Cl3NO2/c21-14-3-1-13(2-4-14)11-20(25)24-16-6-8-17(9-7-16)26-19-10-5-15(22)12-18(19)23/h1-10,12H,11H2,(H,24,25). The first-order chi connectivity index (χ1) is 12.5. The molecule has 0 aliphatic carbocycles. The fourth-order valence-electron chi connectivity index (χ4n) is 2.28. The first-order valence-corrected chi connectivity index (χ1v) is 8.90. The van der Waals surface area contributed by atoms with Crippen LogP contribution in [-0.4, -0.2) is 5.91 Å². The molecule has 3 aromatic rings. The summed E-state index contributed by atoms with van der Waals surface area (Å²) in [6, 6.07) is 19.2.